The first kappa shape index (κ1) is 19.8. The lowest BCUT2D eigenvalue weighted by Gasteiger charge is -2.33. The Morgan fingerprint density at radius 3 is 2.18 bits per heavy atom. The van der Waals surface area contributed by atoms with E-state index in [1.165, 1.54) is 57.8 Å². The molecule has 3 nitrogen and oxygen atoms in total. The molecule has 0 aromatic heterocycles. The van der Waals surface area contributed by atoms with Crippen molar-refractivity contribution in [3.8, 4) is 0 Å². The molecule has 1 aliphatic heterocycles. The third kappa shape index (κ3) is 6.08. The number of carbonyl (C=O) groups excluding carboxylic acids is 1. The molecule has 2 aliphatic rings. The third-order valence-corrected chi connectivity index (χ3v) is 5.70. The Morgan fingerprint density at radius 1 is 1.05 bits per heavy atom. The van der Waals surface area contributed by atoms with Crippen LogP contribution in [0, 0.1) is 11.8 Å². The minimum Gasteiger partial charge on any atom is -0.343 e. The predicted octanol–water partition coefficient (Wildman–Crippen LogP) is 4.01. The van der Waals surface area contributed by atoms with Gasteiger partial charge in [0.25, 0.3) is 0 Å². The van der Waals surface area contributed by atoms with Gasteiger partial charge in [-0.1, -0.05) is 39.0 Å². The van der Waals surface area contributed by atoms with Gasteiger partial charge in [-0.05, 0) is 50.6 Å². The summed E-state index contributed by atoms with van der Waals surface area (Å²) in [7, 11) is 2.05. The van der Waals surface area contributed by atoms with Crippen LogP contribution >= 0.6 is 12.4 Å². The Labute approximate surface area is 143 Å². The first-order valence-electron chi connectivity index (χ1n) is 9.15. The Balaban J connectivity index is 0.00000242. The third-order valence-electron chi connectivity index (χ3n) is 5.70. The van der Waals surface area contributed by atoms with Gasteiger partial charge in [0.2, 0.25) is 5.91 Å². The molecule has 0 bridgehead atoms. The van der Waals surface area contributed by atoms with Gasteiger partial charge in [-0.3, -0.25) is 4.79 Å². The molecule has 2 rings (SSSR count). The molecule has 1 N–H and O–H groups in total. The standard InChI is InChI=1S/C18H34N2O.ClH/c1-15(16-10-12-19-13-11-16)14-18(21)20(2)17-8-6-4-3-5-7-9-17;/h15-17,19H,3-14H2,1-2H3;1H. The van der Waals surface area contributed by atoms with Crippen molar-refractivity contribution in [1.29, 1.82) is 0 Å². The van der Waals surface area contributed by atoms with Crippen molar-refractivity contribution in [3.05, 3.63) is 0 Å². The minimum absolute atomic E-state index is 0. The van der Waals surface area contributed by atoms with E-state index in [9.17, 15) is 4.79 Å². The van der Waals surface area contributed by atoms with Crippen LogP contribution in [0.25, 0.3) is 0 Å². The number of hydrogen-bond acceptors (Lipinski definition) is 2. The number of rotatable bonds is 4. The fourth-order valence-corrected chi connectivity index (χ4v) is 4.02. The van der Waals surface area contributed by atoms with Gasteiger partial charge in [-0.25, -0.2) is 0 Å². The minimum atomic E-state index is 0. The van der Waals surface area contributed by atoms with E-state index < -0.39 is 0 Å². The van der Waals surface area contributed by atoms with Crippen LogP contribution in [0.3, 0.4) is 0 Å². The second-order valence-corrected chi connectivity index (χ2v) is 7.27. The summed E-state index contributed by atoms with van der Waals surface area (Å²) in [4.78, 5) is 14.7. The molecule has 0 radical (unpaired) electrons. The molecule has 1 aliphatic carbocycles. The van der Waals surface area contributed by atoms with Crippen LogP contribution in [0.2, 0.25) is 0 Å². The molecular formula is C18H35ClN2O. The van der Waals surface area contributed by atoms with Crippen molar-refractivity contribution in [1.82, 2.24) is 10.2 Å². The molecule has 1 unspecified atom stereocenters. The van der Waals surface area contributed by atoms with Crippen molar-refractivity contribution in [3.63, 3.8) is 0 Å². The van der Waals surface area contributed by atoms with Gasteiger partial charge < -0.3 is 10.2 Å². The Hall–Kier alpha value is -0.280. The lowest BCUT2D eigenvalue weighted by molar-refractivity contribution is -0.133. The first-order chi connectivity index (χ1) is 10.2. The van der Waals surface area contributed by atoms with E-state index in [4.69, 9.17) is 0 Å². The van der Waals surface area contributed by atoms with Gasteiger partial charge in [0.05, 0.1) is 0 Å². The number of halogens is 1. The van der Waals surface area contributed by atoms with Crippen LogP contribution in [-0.4, -0.2) is 37.0 Å². The highest BCUT2D eigenvalue weighted by atomic mass is 35.5. The van der Waals surface area contributed by atoms with Crippen molar-refractivity contribution in [2.45, 2.75) is 77.2 Å². The Morgan fingerprint density at radius 2 is 1.59 bits per heavy atom. The SMILES string of the molecule is CC(CC(=O)N(C)C1CCCCCCC1)C1CCNCC1.Cl. The Kier molecular flexibility index (Phi) is 9.42. The first-order valence-corrected chi connectivity index (χ1v) is 9.15. The lowest BCUT2D eigenvalue weighted by Crippen LogP contribution is -2.39. The maximum Gasteiger partial charge on any atom is 0.222 e. The summed E-state index contributed by atoms with van der Waals surface area (Å²) >= 11 is 0. The molecule has 0 spiro atoms. The van der Waals surface area contributed by atoms with Crippen molar-refractivity contribution < 1.29 is 4.79 Å². The molecule has 4 heteroatoms. The summed E-state index contributed by atoms with van der Waals surface area (Å²) in [5, 5.41) is 3.41. The number of piperidine rings is 1. The summed E-state index contributed by atoms with van der Waals surface area (Å²) < 4.78 is 0. The molecule has 1 saturated heterocycles. The second-order valence-electron chi connectivity index (χ2n) is 7.27. The second kappa shape index (κ2) is 10.5. The maximum atomic E-state index is 12.6. The van der Waals surface area contributed by atoms with Gasteiger partial charge in [0.1, 0.15) is 0 Å². The average Bonchev–Trinajstić information content (AvgIpc) is 2.47. The van der Waals surface area contributed by atoms with Crippen molar-refractivity contribution in [2.75, 3.05) is 20.1 Å². The van der Waals surface area contributed by atoms with E-state index in [1.54, 1.807) is 0 Å². The van der Waals surface area contributed by atoms with Gasteiger partial charge in [0.15, 0.2) is 0 Å². The van der Waals surface area contributed by atoms with Crippen LogP contribution in [0.1, 0.15) is 71.1 Å². The number of amides is 1. The van der Waals surface area contributed by atoms with E-state index in [1.807, 2.05) is 7.05 Å². The van der Waals surface area contributed by atoms with Gasteiger partial charge >= 0.3 is 0 Å². The van der Waals surface area contributed by atoms with E-state index >= 15 is 0 Å². The molecule has 0 aromatic carbocycles. The number of carbonyl (C=O) groups is 1. The lowest BCUT2D eigenvalue weighted by atomic mass is 9.83. The van der Waals surface area contributed by atoms with Crippen LogP contribution in [0.4, 0.5) is 0 Å². The molecule has 1 amide bonds. The van der Waals surface area contributed by atoms with Gasteiger partial charge in [-0.15, -0.1) is 12.4 Å². The molecule has 2 fully saturated rings. The summed E-state index contributed by atoms with van der Waals surface area (Å²) in [6, 6.07) is 0.498. The highest BCUT2D eigenvalue weighted by Crippen LogP contribution is 2.26. The van der Waals surface area contributed by atoms with E-state index in [0.717, 1.165) is 25.4 Å². The number of hydrogen-bond donors (Lipinski definition) is 1. The van der Waals surface area contributed by atoms with Crippen LogP contribution in [-0.2, 0) is 4.79 Å². The number of nitrogens with one attached hydrogen (secondary N) is 1. The summed E-state index contributed by atoms with van der Waals surface area (Å²) in [5.74, 6) is 1.66. The fourth-order valence-electron chi connectivity index (χ4n) is 4.02. The van der Waals surface area contributed by atoms with Crippen molar-refractivity contribution >= 4 is 18.3 Å². The smallest absolute Gasteiger partial charge is 0.222 e. The maximum absolute atomic E-state index is 12.6. The largest absolute Gasteiger partial charge is 0.343 e. The van der Waals surface area contributed by atoms with Crippen LogP contribution in [0.5, 0.6) is 0 Å². The predicted molar refractivity (Wildman–Crippen MR) is 95.5 cm³/mol. The highest BCUT2D eigenvalue weighted by molar-refractivity contribution is 5.85. The van der Waals surface area contributed by atoms with Gasteiger partial charge in [-0.2, -0.15) is 0 Å². The topological polar surface area (TPSA) is 32.3 Å². The molecule has 0 aromatic rings. The zero-order chi connectivity index (χ0) is 15.1. The van der Waals surface area contributed by atoms with Crippen molar-refractivity contribution in [2.24, 2.45) is 11.8 Å². The quantitative estimate of drug-likeness (QED) is 0.844. The van der Waals surface area contributed by atoms with E-state index in [-0.39, 0.29) is 12.4 Å². The normalized spacial score (nSPS) is 23.0. The average molecular weight is 331 g/mol. The molecule has 22 heavy (non-hydrogen) atoms. The van der Waals surface area contributed by atoms with E-state index in [2.05, 4.69) is 17.1 Å². The number of nitrogens with zero attached hydrogens (tertiary/aromatic N) is 1. The Bertz CT molecular complexity index is 310. The molecular weight excluding hydrogens is 296 g/mol. The zero-order valence-corrected chi connectivity index (χ0v) is 15.3. The highest BCUT2D eigenvalue weighted by Gasteiger charge is 2.26. The summed E-state index contributed by atoms with van der Waals surface area (Å²) in [6.45, 7) is 4.53. The monoisotopic (exact) mass is 330 g/mol. The summed E-state index contributed by atoms with van der Waals surface area (Å²) in [5.41, 5.74) is 0. The fraction of sp³-hybridized carbons (Fsp3) is 0.944. The zero-order valence-electron chi connectivity index (χ0n) is 14.5. The molecule has 130 valence electrons. The molecule has 1 atom stereocenters. The van der Waals surface area contributed by atoms with Crippen LogP contribution in [0.15, 0.2) is 0 Å². The van der Waals surface area contributed by atoms with Crippen LogP contribution < -0.4 is 5.32 Å². The van der Waals surface area contributed by atoms with E-state index in [0.29, 0.717) is 17.9 Å². The molecule has 1 heterocycles. The molecule has 1 saturated carbocycles. The van der Waals surface area contributed by atoms with Gasteiger partial charge in [0, 0.05) is 19.5 Å². The summed E-state index contributed by atoms with van der Waals surface area (Å²) in [6.07, 6.45) is 12.3.